The van der Waals surface area contributed by atoms with E-state index in [4.69, 9.17) is 14.6 Å². The fourth-order valence-electron chi connectivity index (χ4n) is 5.47. The number of hydrogen-bond donors (Lipinski definition) is 3. The molecule has 0 saturated heterocycles. The van der Waals surface area contributed by atoms with Gasteiger partial charge in [0.1, 0.15) is 11.5 Å². The molecule has 0 radical (unpaired) electrons. The summed E-state index contributed by atoms with van der Waals surface area (Å²) in [5.41, 5.74) is 1.78. The summed E-state index contributed by atoms with van der Waals surface area (Å²) >= 11 is 0. The Morgan fingerprint density at radius 2 is 1.78 bits per heavy atom. The molecule has 1 aliphatic rings. The first-order valence-corrected chi connectivity index (χ1v) is 15.3. The second kappa shape index (κ2) is 16.4. The van der Waals surface area contributed by atoms with Gasteiger partial charge in [-0.3, -0.25) is 14.3 Å². The summed E-state index contributed by atoms with van der Waals surface area (Å²) in [7, 11) is 3.23. The number of carbonyl (C=O) groups excluding carboxylic acids is 2. The number of nitrogens with one attached hydrogen (secondary N) is 2. The van der Waals surface area contributed by atoms with E-state index in [2.05, 4.69) is 24.5 Å². The molecule has 3 N–H and O–H groups in total. The Balaban J connectivity index is 1.85. The maximum Gasteiger partial charge on any atom is 0.272 e. The number of ether oxygens (including phenoxy) is 2. The highest BCUT2D eigenvalue weighted by molar-refractivity contribution is 5.94. The highest BCUT2D eigenvalue weighted by atomic mass is 16.5. The maximum absolute atomic E-state index is 13.6. The maximum atomic E-state index is 13.6. The molecule has 2 amide bonds. The summed E-state index contributed by atoms with van der Waals surface area (Å²) in [6.45, 7) is 7.00. The second-order valence-electron chi connectivity index (χ2n) is 11.5. The molecule has 1 aromatic carbocycles. The molecule has 41 heavy (non-hydrogen) atoms. The zero-order valence-electron chi connectivity index (χ0n) is 25.6. The lowest BCUT2D eigenvalue weighted by atomic mass is 9.85. The number of amides is 2. The van der Waals surface area contributed by atoms with Gasteiger partial charge >= 0.3 is 0 Å². The van der Waals surface area contributed by atoms with E-state index in [1.807, 2.05) is 29.8 Å². The zero-order chi connectivity index (χ0) is 29.8. The Bertz CT molecular complexity index is 1090. The van der Waals surface area contributed by atoms with Crippen LogP contribution in [0.4, 0.5) is 0 Å². The number of benzene rings is 1. The average molecular weight is 571 g/mol. The van der Waals surface area contributed by atoms with Crippen molar-refractivity contribution in [3.63, 3.8) is 0 Å². The van der Waals surface area contributed by atoms with Crippen LogP contribution in [0.25, 0.3) is 11.3 Å². The Morgan fingerprint density at radius 1 is 1.10 bits per heavy atom. The van der Waals surface area contributed by atoms with Gasteiger partial charge in [-0.2, -0.15) is 5.10 Å². The molecule has 1 unspecified atom stereocenters. The van der Waals surface area contributed by atoms with Crippen LogP contribution in [0.3, 0.4) is 0 Å². The predicted octanol–water partition coefficient (Wildman–Crippen LogP) is 5.35. The summed E-state index contributed by atoms with van der Waals surface area (Å²) in [6, 6.07) is 7.06. The highest BCUT2D eigenvalue weighted by Gasteiger charge is 2.25. The minimum Gasteiger partial charge on any atom is -0.496 e. The third-order valence-corrected chi connectivity index (χ3v) is 8.30. The number of rotatable bonds is 16. The summed E-state index contributed by atoms with van der Waals surface area (Å²) in [6.07, 6.45) is 9.03. The van der Waals surface area contributed by atoms with E-state index in [1.54, 1.807) is 20.3 Å². The van der Waals surface area contributed by atoms with Gasteiger partial charge in [-0.05, 0) is 49.3 Å². The molecular formula is C32H50N4O5. The van der Waals surface area contributed by atoms with Gasteiger partial charge in [0.2, 0.25) is 5.91 Å². The van der Waals surface area contributed by atoms with E-state index in [9.17, 15) is 14.7 Å². The topological polar surface area (TPSA) is 115 Å². The van der Waals surface area contributed by atoms with Crippen molar-refractivity contribution in [2.45, 2.75) is 104 Å². The minimum absolute atomic E-state index is 0.162. The smallest absolute Gasteiger partial charge is 0.272 e. The molecule has 1 heterocycles. The van der Waals surface area contributed by atoms with E-state index in [-0.39, 0.29) is 30.8 Å². The molecule has 1 aromatic heterocycles. The Morgan fingerprint density at radius 3 is 2.39 bits per heavy atom. The first-order chi connectivity index (χ1) is 19.8. The van der Waals surface area contributed by atoms with Crippen LogP contribution in [0.5, 0.6) is 11.5 Å². The number of aliphatic hydroxyl groups is 1. The largest absolute Gasteiger partial charge is 0.496 e. The standard InChI is InChI=1S/C32H50N4O5/c1-6-22(3)21-36-27(31-28(40-4)14-11-15-29(31)41-5)19-26(35-36)32(39)34-24(17-16-23-12-9-8-10-13-23)18-30(38)33-20-25(37)7-2/h11,14-15,19,22-25,37H,6-10,12-13,16-18,20-21H2,1-5H3,(H,33,38)(H,34,39)/t22?,24-,25+/m0/s1. The fourth-order valence-corrected chi connectivity index (χ4v) is 5.47. The van der Waals surface area contributed by atoms with Gasteiger partial charge in [0.05, 0.1) is 31.6 Å². The third kappa shape index (κ3) is 9.48. The molecule has 3 rings (SSSR count). The van der Waals surface area contributed by atoms with Crippen LogP contribution < -0.4 is 20.1 Å². The minimum atomic E-state index is -0.575. The van der Waals surface area contributed by atoms with Gasteiger partial charge in [0.15, 0.2) is 5.69 Å². The third-order valence-electron chi connectivity index (χ3n) is 8.30. The highest BCUT2D eigenvalue weighted by Crippen LogP contribution is 2.39. The number of nitrogens with zero attached hydrogens (tertiary/aromatic N) is 2. The van der Waals surface area contributed by atoms with Crippen LogP contribution >= 0.6 is 0 Å². The molecule has 228 valence electrons. The summed E-state index contributed by atoms with van der Waals surface area (Å²) in [4.78, 5) is 26.4. The van der Waals surface area contributed by atoms with Crippen molar-refractivity contribution >= 4 is 11.8 Å². The Hall–Kier alpha value is -3.07. The molecule has 0 bridgehead atoms. The normalized spacial score (nSPS) is 16.0. The van der Waals surface area contributed by atoms with Crippen LogP contribution in [0.2, 0.25) is 0 Å². The lowest BCUT2D eigenvalue weighted by Crippen LogP contribution is -2.41. The number of hydrogen-bond acceptors (Lipinski definition) is 6. The fraction of sp³-hybridized carbons (Fsp3) is 0.656. The quantitative estimate of drug-likeness (QED) is 0.251. The van der Waals surface area contributed by atoms with Crippen molar-refractivity contribution in [1.82, 2.24) is 20.4 Å². The van der Waals surface area contributed by atoms with Crippen molar-refractivity contribution in [1.29, 1.82) is 0 Å². The molecule has 1 fully saturated rings. The molecule has 2 aromatic rings. The van der Waals surface area contributed by atoms with E-state index in [0.29, 0.717) is 42.0 Å². The van der Waals surface area contributed by atoms with Crippen molar-refractivity contribution in [2.75, 3.05) is 20.8 Å². The first kappa shape index (κ1) is 32.4. The van der Waals surface area contributed by atoms with E-state index >= 15 is 0 Å². The van der Waals surface area contributed by atoms with Gasteiger partial charge in [-0.1, -0.05) is 65.4 Å². The van der Waals surface area contributed by atoms with Crippen LogP contribution in [0.1, 0.15) is 95.5 Å². The average Bonchev–Trinajstić information content (AvgIpc) is 3.41. The monoisotopic (exact) mass is 570 g/mol. The van der Waals surface area contributed by atoms with Crippen LogP contribution in [0, 0.1) is 11.8 Å². The van der Waals surface area contributed by atoms with Gasteiger partial charge in [-0.25, -0.2) is 0 Å². The van der Waals surface area contributed by atoms with Crippen molar-refractivity contribution in [3.05, 3.63) is 30.0 Å². The van der Waals surface area contributed by atoms with E-state index in [0.717, 1.165) is 30.5 Å². The summed E-state index contributed by atoms with van der Waals surface area (Å²) in [5, 5.41) is 20.5. The Labute approximate surface area is 245 Å². The van der Waals surface area contributed by atoms with Gasteiger partial charge in [0, 0.05) is 25.6 Å². The predicted molar refractivity (Wildman–Crippen MR) is 161 cm³/mol. The molecule has 9 heteroatoms. The van der Waals surface area contributed by atoms with E-state index in [1.165, 1.54) is 32.1 Å². The Kier molecular flexibility index (Phi) is 13.0. The second-order valence-corrected chi connectivity index (χ2v) is 11.5. The zero-order valence-corrected chi connectivity index (χ0v) is 25.6. The van der Waals surface area contributed by atoms with Gasteiger partial charge in [0.25, 0.3) is 5.91 Å². The van der Waals surface area contributed by atoms with Gasteiger partial charge in [-0.15, -0.1) is 0 Å². The molecule has 9 nitrogen and oxygen atoms in total. The van der Waals surface area contributed by atoms with Crippen LogP contribution in [-0.4, -0.2) is 59.6 Å². The molecule has 0 aliphatic heterocycles. The number of methoxy groups -OCH3 is 2. The molecular weight excluding hydrogens is 520 g/mol. The van der Waals surface area contributed by atoms with Crippen LogP contribution in [0.15, 0.2) is 24.3 Å². The van der Waals surface area contributed by atoms with E-state index < -0.39 is 6.10 Å². The van der Waals surface area contributed by atoms with Gasteiger partial charge < -0.3 is 25.2 Å². The first-order valence-electron chi connectivity index (χ1n) is 15.3. The molecule has 1 aliphatic carbocycles. The number of aliphatic hydroxyl groups excluding tert-OH is 1. The lowest BCUT2D eigenvalue weighted by molar-refractivity contribution is -0.122. The van der Waals surface area contributed by atoms with Crippen molar-refractivity contribution < 1.29 is 24.2 Å². The lowest BCUT2D eigenvalue weighted by Gasteiger charge is -2.24. The summed E-state index contributed by atoms with van der Waals surface area (Å²) < 4.78 is 13.2. The molecule has 0 spiro atoms. The van der Waals surface area contributed by atoms with Crippen molar-refractivity contribution in [3.8, 4) is 22.8 Å². The number of carbonyl (C=O) groups is 2. The van der Waals surface area contributed by atoms with Crippen LogP contribution in [-0.2, 0) is 11.3 Å². The van der Waals surface area contributed by atoms with Crippen molar-refractivity contribution in [2.24, 2.45) is 11.8 Å². The summed E-state index contributed by atoms with van der Waals surface area (Å²) in [5.74, 6) is 1.77. The SMILES string of the molecule is CCC(C)Cn1nc(C(=O)N[C@@H](CCC2CCCCC2)CC(=O)NC[C@H](O)CC)cc1-c1c(OC)cccc1OC. The molecule has 3 atom stereocenters. The number of aromatic nitrogens is 2. The molecule has 1 saturated carbocycles.